The van der Waals surface area contributed by atoms with Crippen LogP contribution in [-0.2, 0) is 0 Å². The summed E-state index contributed by atoms with van der Waals surface area (Å²) in [6, 6.07) is 11.9. The minimum atomic E-state index is -0.679. The van der Waals surface area contributed by atoms with Crippen LogP contribution >= 0.6 is 11.6 Å². The Morgan fingerprint density at radius 3 is 2.57 bits per heavy atom. The summed E-state index contributed by atoms with van der Waals surface area (Å²) in [6.07, 6.45) is 0. The lowest BCUT2D eigenvalue weighted by atomic mass is 10.1. The third-order valence-electron chi connectivity index (χ3n) is 3.70. The molecule has 0 aliphatic heterocycles. The molecule has 1 N–H and O–H groups in total. The van der Waals surface area contributed by atoms with E-state index in [0.717, 1.165) is 11.1 Å². The summed E-state index contributed by atoms with van der Waals surface area (Å²) in [5.41, 5.74) is 2.47. The van der Waals surface area contributed by atoms with E-state index >= 15 is 0 Å². The maximum Gasteiger partial charge on any atom is 0.349 e. The van der Waals surface area contributed by atoms with Gasteiger partial charge in [-0.2, -0.15) is 0 Å². The Kier molecular flexibility index (Phi) is 3.92. The number of hydrogen-bond acceptors (Lipinski definition) is 3. The summed E-state index contributed by atoms with van der Waals surface area (Å²) in [5, 5.41) is 3.82. The lowest BCUT2D eigenvalue weighted by Gasteiger charge is -2.07. The van der Waals surface area contributed by atoms with E-state index in [4.69, 9.17) is 16.0 Å². The van der Waals surface area contributed by atoms with Crippen molar-refractivity contribution in [1.29, 1.82) is 0 Å². The van der Waals surface area contributed by atoms with Gasteiger partial charge in [0.05, 0.1) is 0 Å². The fourth-order valence-corrected chi connectivity index (χ4v) is 2.45. The van der Waals surface area contributed by atoms with Crippen molar-refractivity contribution in [2.24, 2.45) is 0 Å². The highest BCUT2D eigenvalue weighted by Crippen LogP contribution is 2.20. The van der Waals surface area contributed by atoms with Gasteiger partial charge >= 0.3 is 5.63 Å². The van der Waals surface area contributed by atoms with E-state index in [2.05, 4.69) is 5.32 Å². The van der Waals surface area contributed by atoms with E-state index in [1.54, 1.807) is 24.3 Å². The highest BCUT2D eigenvalue weighted by atomic mass is 35.5. The molecule has 23 heavy (non-hydrogen) atoms. The number of amides is 1. The average Bonchev–Trinajstić information content (AvgIpc) is 2.50. The summed E-state index contributed by atoms with van der Waals surface area (Å²) < 4.78 is 5.17. The topological polar surface area (TPSA) is 59.3 Å². The highest BCUT2D eigenvalue weighted by molar-refractivity contribution is 6.31. The fraction of sp³-hybridized carbons (Fsp3) is 0.111. The Balaban J connectivity index is 1.98. The van der Waals surface area contributed by atoms with Crippen LogP contribution in [0.1, 0.15) is 21.5 Å². The minimum Gasteiger partial charge on any atom is -0.422 e. The molecule has 0 bridgehead atoms. The van der Waals surface area contributed by atoms with E-state index in [0.29, 0.717) is 21.7 Å². The number of rotatable bonds is 2. The van der Waals surface area contributed by atoms with Crippen LogP contribution in [0.15, 0.2) is 51.7 Å². The predicted molar refractivity (Wildman–Crippen MR) is 91.4 cm³/mol. The van der Waals surface area contributed by atoms with E-state index in [1.165, 1.54) is 6.07 Å². The van der Waals surface area contributed by atoms with E-state index in [-0.39, 0.29) is 5.56 Å². The maximum absolute atomic E-state index is 12.4. The number of fused-ring (bicyclic) bond motifs is 1. The lowest BCUT2D eigenvalue weighted by molar-refractivity contribution is 0.102. The van der Waals surface area contributed by atoms with Crippen LogP contribution in [-0.4, -0.2) is 5.91 Å². The Morgan fingerprint density at radius 2 is 1.83 bits per heavy atom. The average molecular weight is 328 g/mol. The number of aryl methyl sites for hydroxylation is 2. The number of halogens is 1. The molecule has 0 unspecified atom stereocenters. The van der Waals surface area contributed by atoms with Crippen LogP contribution in [0.3, 0.4) is 0 Å². The molecule has 1 heterocycles. The molecule has 5 heteroatoms. The van der Waals surface area contributed by atoms with Crippen molar-refractivity contribution in [3.05, 3.63) is 74.6 Å². The van der Waals surface area contributed by atoms with Crippen LogP contribution in [0.4, 0.5) is 5.69 Å². The molecular weight excluding hydrogens is 314 g/mol. The van der Waals surface area contributed by atoms with Gasteiger partial charge in [-0.15, -0.1) is 0 Å². The van der Waals surface area contributed by atoms with Crippen molar-refractivity contribution in [3.8, 4) is 0 Å². The van der Waals surface area contributed by atoms with Gasteiger partial charge in [-0.25, -0.2) is 4.79 Å². The molecule has 3 aromatic rings. The second-order valence-electron chi connectivity index (χ2n) is 5.38. The van der Waals surface area contributed by atoms with Crippen molar-refractivity contribution in [3.63, 3.8) is 0 Å². The van der Waals surface area contributed by atoms with Crippen LogP contribution in [0.2, 0.25) is 5.02 Å². The van der Waals surface area contributed by atoms with Crippen molar-refractivity contribution in [1.82, 2.24) is 0 Å². The van der Waals surface area contributed by atoms with Gasteiger partial charge < -0.3 is 9.73 Å². The fourth-order valence-electron chi connectivity index (χ4n) is 2.27. The molecule has 2 aromatic carbocycles. The highest BCUT2D eigenvalue weighted by Gasteiger charge is 2.14. The van der Waals surface area contributed by atoms with Crippen molar-refractivity contribution in [2.75, 3.05) is 5.32 Å². The molecule has 116 valence electrons. The van der Waals surface area contributed by atoms with Gasteiger partial charge in [-0.05, 0) is 61.4 Å². The molecule has 1 amide bonds. The second-order valence-corrected chi connectivity index (χ2v) is 5.82. The van der Waals surface area contributed by atoms with Gasteiger partial charge in [0.15, 0.2) is 0 Å². The Labute approximate surface area is 137 Å². The number of benzene rings is 2. The summed E-state index contributed by atoms with van der Waals surface area (Å²) in [7, 11) is 0. The van der Waals surface area contributed by atoms with Crippen LogP contribution in [0.5, 0.6) is 0 Å². The summed E-state index contributed by atoms with van der Waals surface area (Å²) in [6.45, 7) is 3.94. The first-order valence-corrected chi connectivity index (χ1v) is 7.44. The number of hydrogen-bond donors (Lipinski definition) is 1. The first kappa shape index (κ1) is 15.3. The Morgan fingerprint density at radius 1 is 1.04 bits per heavy atom. The molecule has 0 saturated heterocycles. The molecule has 0 aliphatic rings. The lowest BCUT2D eigenvalue weighted by Crippen LogP contribution is -2.20. The molecule has 0 atom stereocenters. The zero-order chi connectivity index (χ0) is 16.6. The van der Waals surface area contributed by atoms with Crippen LogP contribution < -0.4 is 10.9 Å². The molecule has 0 aliphatic carbocycles. The maximum atomic E-state index is 12.4. The predicted octanol–water partition coefficient (Wildman–Crippen LogP) is 4.32. The summed E-state index contributed by atoms with van der Waals surface area (Å²) >= 11 is 5.93. The molecular formula is C18H14ClNO3. The first-order valence-electron chi connectivity index (χ1n) is 7.06. The Hall–Kier alpha value is -2.59. The quantitative estimate of drug-likeness (QED) is 0.713. The standard InChI is InChI=1S/C18H14ClNO3/c1-10-3-5-14(7-11(10)2)20-17(21)15-9-12-8-13(19)4-6-16(12)23-18(15)22/h3-9H,1-2H3,(H,20,21). The largest absolute Gasteiger partial charge is 0.422 e. The molecule has 0 fully saturated rings. The summed E-state index contributed by atoms with van der Waals surface area (Å²) in [5.74, 6) is -0.510. The molecule has 3 rings (SSSR count). The SMILES string of the molecule is Cc1ccc(NC(=O)c2cc3cc(Cl)ccc3oc2=O)cc1C. The number of anilines is 1. The zero-order valence-electron chi connectivity index (χ0n) is 12.6. The Bertz CT molecular complexity index is 976. The van der Waals surface area contributed by atoms with Gasteiger partial charge in [0.2, 0.25) is 0 Å². The van der Waals surface area contributed by atoms with Gasteiger partial charge in [0.25, 0.3) is 5.91 Å². The first-order chi connectivity index (χ1) is 10.9. The van der Waals surface area contributed by atoms with Gasteiger partial charge in [0, 0.05) is 16.1 Å². The third kappa shape index (κ3) is 3.12. The van der Waals surface area contributed by atoms with Crippen molar-refractivity contribution in [2.45, 2.75) is 13.8 Å². The third-order valence-corrected chi connectivity index (χ3v) is 3.94. The number of carbonyl (C=O) groups excluding carboxylic acids is 1. The number of carbonyl (C=O) groups is 1. The van der Waals surface area contributed by atoms with Gasteiger partial charge in [-0.3, -0.25) is 4.79 Å². The molecule has 4 nitrogen and oxygen atoms in total. The molecule has 1 aromatic heterocycles. The zero-order valence-corrected chi connectivity index (χ0v) is 13.4. The smallest absolute Gasteiger partial charge is 0.349 e. The minimum absolute atomic E-state index is 0.0574. The molecule has 0 saturated carbocycles. The monoisotopic (exact) mass is 327 g/mol. The second kappa shape index (κ2) is 5.89. The summed E-state index contributed by atoms with van der Waals surface area (Å²) in [4.78, 5) is 24.4. The van der Waals surface area contributed by atoms with Crippen molar-refractivity contribution >= 4 is 34.2 Å². The van der Waals surface area contributed by atoms with E-state index < -0.39 is 11.5 Å². The molecule has 0 radical (unpaired) electrons. The van der Waals surface area contributed by atoms with Crippen molar-refractivity contribution < 1.29 is 9.21 Å². The normalized spacial score (nSPS) is 10.7. The van der Waals surface area contributed by atoms with E-state index in [9.17, 15) is 9.59 Å². The van der Waals surface area contributed by atoms with E-state index in [1.807, 2.05) is 26.0 Å². The molecule has 0 spiro atoms. The van der Waals surface area contributed by atoms with Crippen LogP contribution in [0, 0.1) is 13.8 Å². The van der Waals surface area contributed by atoms with Gasteiger partial charge in [0.1, 0.15) is 11.1 Å². The number of nitrogens with one attached hydrogen (secondary N) is 1. The van der Waals surface area contributed by atoms with Crippen LogP contribution in [0.25, 0.3) is 11.0 Å². The van der Waals surface area contributed by atoms with Gasteiger partial charge in [-0.1, -0.05) is 17.7 Å².